The topological polar surface area (TPSA) is 150 Å². The molecule has 0 aliphatic heterocycles. The van der Waals surface area contributed by atoms with Gasteiger partial charge in [-0.25, -0.2) is 0 Å². The van der Waals surface area contributed by atoms with Crippen molar-refractivity contribution in [2.24, 2.45) is 15.4 Å². The molecule has 0 aromatic heterocycles. The molecule has 0 amide bonds. The predicted molar refractivity (Wildman–Crippen MR) is 118 cm³/mol. The van der Waals surface area contributed by atoms with E-state index in [0.717, 1.165) is 11.1 Å². The maximum Gasteiger partial charge on any atom is 0.276 e. The lowest BCUT2D eigenvalue weighted by atomic mass is 10.2. The zero-order valence-electron chi connectivity index (χ0n) is 17.4. The summed E-state index contributed by atoms with van der Waals surface area (Å²) in [5.41, 5.74) is 1.52. The summed E-state index contributed by atoms with van der Waals surface area (Å²) in [6, 6.07) is 12.3. The molecule has 0 saturated heterocycles. The number of hydrogen-bond acceptors (Lipinski definition) is 8. The summed E-state index contributed by atoms with van der Waals surface area (Å²) in [4.78, 5) is 4.10. The highest BCUT2D eigenvalue weighted by atomic mass is 32.2. The average Bonchev–Trinajstić information content (AvgIpc) is 2.72. The lowest BCUT2D eigenvalue weighted by Crippen LogP contribution is -2.28. The van der Waals surface area contributed by atoms with E-state index in [0.29, 0.717) is 0 Å². The second-order valence-electron chi connectivity index (χ2n) is 6.66. The first-order valence-corrected chi connectivity index (χ1v) is 11.9. The van der Waals surface area contributed by atoms with E-state index in [1.807, 2.05) is 23.5 Å². The third-order valence-electron chi connectivity index (χ3n) is 4.12. The van der Waals surface area contributed by atoms with E-state index in [-0.39, 0.29) is 26.9 Å². The summed E-state index contributed by atoms with van der Waals surface area (Å²) in [6.07, 6.45) is 0. The van der Waals surface area contributed by atoms with Gasteiger partial charge in [0.05, 0.1) is 21.2 Å². The molecule has 2 aromatic carbocycles. The Balaban J connectivity index is 2.17. The lowest BCUT2D eigenvalue weighted by molar-refractivity contribution is 0.321. The van der Waals surface area contributed by atoms with Crippen molar-refractivity contribution in [2.75, 3.05) is 0 Å². The van der Waals surface area contributed by atoms with E-state index < -0.39 is 20.0 Å². The number of hydrogen-bond donors (Lipinski definition) is 3. The van der Waals surface area contributed by atoms with Crippen molar-refractivity contribution in [2.45, 2.75) is 37.5 Å². The monoisotopic (exact) mass is 465 g/mol. The predicted octanol–water partition coefficient (Wildman–Crippen LogP) is 2.14. The second-order valence-corrected chi connectivity index (χ2v) is 9.98. The quantitative estimate of drug-likeness (QED) is 0.310. The highest BCUT2D eigenvalue weighted by molar-refractivity contribution is 7.89. The highest BCUT2D eigenvalue weighted by Crippen LogP contribution is 2.11. The Bertz CT molecular complexity index is 1140. The molecule has 12 heteroatoms. The number of aryl methyl sites for hydroxylation is 2. The number of benzene rings is 2. The van der Waals surface area contributed by atoms with E-state index in [1.54, 1.807) is 24.3 Å². The fraction of sp³-hybridized carbons (Fsp3) is 0.211. The van der Waals surface area contributed by atoms with Crippen LogP contribution in [0.25, 0.3) is 0 Å². The molecule has 0 saturated carbocycles. The number of nitrogens with one attached hydrogen (secondary N) is 2. The average molecular weight is 466 g/mol. The van der Waals surface area contributed by atoms with Crippen LogP contribution >= 0.6 is 0 Å². The molecule has 10 nitrogen and oxygen atoms in total. The van der Waals surface area contributed by atoms with E-state index in [9.17, 15) is 22.0 Å². The molecule has 0 aliphatic carbocycles. The van der Waals surface area contributed by atoms with Gasteiger partial charge in [0.2, 0.25) is 0 Å². The minimum atomic E-state index is -3.94. The van der Waals surface area contributed by atoms with Gasteiger partial charge in [-0.1, -0.05) is 40.5 Å². The molecule has 166 valence electrons. The van der Waals surface area contributed by atoms with Crippen molar-refractivity contribution in [1.82, 2.24) is 9.66 Å². The molecule has 0 bridgehead atoms. The molecule has 0 spiro atoms. The highest BCUT2D eigenvalue weighted by Gasteiger charge is 2.17. The fourth-order valence-electron chi connectivity index (χ4n) is 2.31. The zero-order valence-corrected chi connectivity index (χ0v) is 19.0. The molecule has 3 N–H and O–H groups in total. The number of nitrogens with zero attached hydrogens (tertiary/aromatic N) is 3. The Morgan fingerprint density at radius 2 is 1.03 bits per heavy atom. The standard InChI is InChI=1S/C19H23N5O5S2/c1-13-5-9-17(10-6-13)30(26,27)23-20-15(3)19(22-25)16(4)21-24-31(28,29)18-11-7-14(2)8-12-18/h5-12,23-25H,1-4H3/b20-15+,21-16+. The van der Waals surface area contributed by atoms with Gasteiger partial charge in [0.25, 0.3) is 20.0 Å². The summed E-state index contributed by atoms with van der Waals surface area (Å²) >= 11 is 0. The van der Waals surface area contributed by atoms with Crippen LogP contribution in [0, 0.1) is 13.8 Å². The normalized spacial score (nSPS) is 12.9. The van der Waals surface area contributed by atoms with Crippen molar-refractivity contribution < 1.29 is 22.0 Å². The Kier molecular flexibility index (Phi) is 7.52. The molecule has 0 radical (unpaired) electrons. The van der Waals surface area contributed by atoms with Gasteiger partial charge in [0.1, 0.15) is 5.71 Å². The van der Waals surface area contributed by atoms with Crippen LogP contribution in [0.2, 0.25) is 0 Å². The van der Waals surface area contributed by atoms with Crippen LogP contribution in [0.4, 0.5) is 0 Å². The Labute approximate surface area is 181 Å². The van der Waals surface area contributed by atoms with Gasteiger partial charge in [-0.3, -0.25) is 0 Å². The number of oxime groups is 1. The van der Waals surface area contributed by atoms with Gasteiger partial charge in [-0.2, -0.15) is 36.7 Å². The van der Waals surface area contributed by atoms with E-state index in [1.165, 1.54) is 38.1 Å². The third-order valence-corrected chi connectivity index (χ3v) is 6.56. The third kappa shape index (κ3) is 6.36. The van der Waals surface area contributed by atoms with Crippen LogP contribution in [0.5, 0.6) is 0 Å². The smallest absolute Gasteiger partial charge is 0.276 e. The first kappa shape index (κ1) is 24.0. The lowest BCUT2D eigenvalue weighted by Gasteiger charge is -2.08. The summed E-state index contributed by atoms with van der Waals surface area (Å²) in [6.45, 7) is 6.40. The molecule has 0 fully saturated rings. The Morgan fingerprint density at radius 1 is 0.710 bits per heavy atom. The van der Waals surface area contributed by atoms with E-state index in [2.05, 4.69) is 15.4 Å². The maximum atomic E-state index is 12.3. The zero-order chi connectivity index (χ0) is 23.2. The van der Waals surface area contributed by atoms with Gasteiger partial charge >= 0.3 is 0 Å². The van der Waals surface area contributed by atoms with Gasteiger partial charge in [-0.05, 0) is 52.0 Å². The summed E-state index contributed by atoms with van der Waals surface area (Å²) in [5, 5.41) is 19.8. The molecule has 31 heavy (non-hydrogen) atoms. The van der Waals surface area contributed by atoms with E-state index >= 15 is 0 Å². The summed E-state index contributed by atoms with van der Waals surface area (Å²) < 4.78 is 49.3. The first-order valence-electron chi connectivity index (χ1n) is 8.94. The molecular formula is C19H23N5O5S2. The van der Waals surface area contributed by atoms with Gasteiger partial charge in [0, 0.05) is 0 Å². The van der Waals surface area contributed by atoms with Gasteiger partial charge in [-0.15, -0.1) is 0 Å². The van der Waals surface area contributed by atoms with Gasteiger partial charge < -0.3 is 5.21 Å². The van der Waals surface area contributed by atoms with E-state index in [4.69, 9.17) is 0 Å². The molecular weight excluding hydrogens is 442 g/mol. The van der Waals surface area contributed by atoms with Crippen LogP contribution in [-0.2, 0) is 20.0 Å². The van der Waals surface area contributed by atoms with Crippen LogP contribution in [0.3, 0.4) is 0 Å². The van der Waals surface area contributed by atoms with Crippen LogP contribution < -0.4 is 9.66 Å². The minimum absolute atomic E-state index is 0.00776. The van der Waals surface area contributed by atoms with Crippen LogP contribution in [-0.4, -0.2) is 39.2 Å². The fourth-order valence-corrected chi connectivity index (χ4v) is 4.02. The largest absolute Gasteiger partial charge is 0.410 e. The first-order chi connectivity index (χ1) is 14.5. The molecule has 0 unspecified atom stereocenters. The number of sulfonamides is 2. The van der Waals surface area contributed by atoms with Crippen LogP contribution in [0.1, 0.15) is 25.0 Å². The Morgan fingerprint density at radius 3 is 1.32 bits per heavy atom. The number of rotatable bonds is 8. The summed E-state index contributed by atoms with van der Waals surface area (Å²) in [7, 11) is -7.88. The van der Waals surface area contributed by atoms with Crippen molar-refractivity contribution >= 4 is 37.2 Å². The molecule has 2 rings (SSSR count). The molecule has 2 aromatic rings. The van der Waals surface area contributed by atoms with Crippen molar-refractivity contribution in [3.8, 4) is 0 Å². The van der Waals surface area contributed by atoms with Gasteiger partial charge in [0.15, 0.2) is 0 Å². The van der Waals surface area contributed by atoms with Crippen molar-refractivity contribution in [3.05, 3.63) is 59.7 Å². The SMILES string of the molecule is C/C(=N\NS(=O)(=O)c1ccc(C)cc1)C(=NO)/C(C)=N/NS(=O)(=O)c1ccc(C)cc1. The second kappa shape index (κ2) is 9.71. The Hall–Kier alpha value is -3.25. The van der Waals surface area contributed by atoms with Crippen molar-refractivity contribution in [1.29, 1.82) is 0 Å². The van der Waals surface area contributed by atoms with Crippen LogP contribution in [0.15, 0.2) is 73.7 Å². The van der Waals surface area contributed by atoms with Crippen molar-refractivity contribution in [3.63, 3.8) is 0 Å². The maximum absolute atomic E-state index is 12.3. The molecule has 0 atom stereocenters. The minimum Gasteiger partial charge on any atom is -0.410 e. The molecule has 0 heterocycles. The summed E-state index contributed by atoms with van der Waals surface area (Å²) in [5.74, 6) is 0. The molecule has 0 aliphatic rings. The number of hydrazone groups is 2.